The third kappa shape index (κ3) is 3.18. The first-order valence-electron chi connectivity index (χ1n) is 7.25. The quantitative estimate of drug-likeness (QED) is 0.873. The molecule has 19 heavy (non-hydrogen) atoms. The van der Waals surface area contributed by atoms with E-state index in [9.17, 15) is 5.11 Å². The van der Waals surface area contributed by atoms with Crippen molar-refractivity contribution >= 4 is 0 Å². The molecule has 2 nitrogen and oxygen atoms in total. The number of rotatable bonds is 2. The molecule has 0 amide bonds. The van der Waals surface area contributed by atoms with Crippen LogP contribution in [0.4, 0.5) is 0 Å². The third-order valence-corrected chi connectivity index (χ3v) is 4.17. The smallest absolute Gasteiger partial charge is 0.108 e. The van der Waals surface area contributed by atoms with Gasteiger partial charge >= 0.3 is 0 Å². The minimum absolute atomic E-state index is 0.148. The minimum Gasteiger partial charge on any atom is -0.385 e. The van der Waals surface area contributed by atoms with E-state index in [1.54, 1.807) is 0 Å². The molecular weight excluding hydrogens is 236 g/mol. The zero-order chi connectivity index (χ0) is 14.1. The summed E-state index contributed by atoms with van der Waals surface area (Å²) >= 11 is 0. The van der Waals surface area contributed by atoms with Crippen LogP contribution in [0, 0.1) is 0 Å². The lowest BCUT2D eigenvalue weighted by Crippen LogP contribution is -2.39. The zero-order valence-corrected chi connectivity index (χ0v) is 12.6. The van der Waals surface area contributed by atoms with E-state index in [1.807, 2.05) is 19.1 Å². The molecule has 1 heterocycles. The molecule has 1 aromatic carbocycles. The highest BCUT2D eigenvalue weighted by atomic mass is 16.5. The number of ether oxygens (including phenoxy) is 1. The number of hydrogen-bond donors (Lipinski definition) is 1. The molecule has 0 bridgehead atoms. The molecule has 0 saturated carbocycles. The Labute approximate surface area is 116 Å². The van der Waals surface area contributed by atoms with Crippen LogP contribution in [0.25, 0.3) is 0 Å². The summed E-state index contributed by atoms with van der Waals surface area (Å²) in [5, 5.41) is 10.6. The minimum atomic E-state index is -0.540. The molecule has 2 atom stereocenters. The van der Waals surface area contributed by atoms with Gasteiger partial charge in [0.25, 0.3) is 0 Å². The van der Waals surface area contributed by atoms with E-state index in [0.717, 1.165) is 31.4 Å². The van der Waals surface area contributed by atoms with E-state index in [4.69, 9.17) is 4.74 Å². The molecule has 0 aromatic heterocycles. The summed E-state index contributed by atoms with van der Waals surface area (Å²) in [6, 6.07) is 8.30. The second-order valence-electron chi connectivity index (χ2n) is 6.89. The van der Waals surface area contributed by atoms with Crippen molar-refractivity contribution in [2.75, 3.05) is 6.61 Å². The van der Waals surface area contributed by atoms with E-state index in [-0.39, 0.29) is 5.41 Å². The van der Waals surface area contributed by atoms with Gasteiger partial charge in [-0.25, -0.2) is 0 Å². The summed E-state index contributed by atoms with van der Waals surface area (Å²) in [4.78, 5) is 0. The lowest BCUT2D eigenvalue weighted by molar-refractivity contribution is -0.138. The predicted octanol–water partition coefficient (Wildman–Crippen LogP) is 3.98. The van der Waals surface area contributed by atoms with Crippen molar-refractivity contribution in [3.63, 3.8) is 0 Å². The lowest BCUT2D eigenvalue weighted by Gasteiger charge is -2.38. The molecule has 1 saturated heterocycles. The number of aliphatic hydroxyl groups excluding tert-OH is 1. The second-order valence-corrected chi connectivity index (χ2v) is 6.89. The summed E-state index contributed by atoms with van der Waals surface area (Å²) in [6.45, 7) is 9.38. The molecular formula is C17H26O2. The first-order valence-corrected chi connectivity index (χ1v) is 7.25. The molecule has 0 spiro atoms. The summed E-state index contributed by atoms with van der Waals surface area (Å²) in [7, 11) is 0. The Kier molecular flexibility index (Phi) is 4.03. The van der Waals surface area contributed by atoms with Crippen LogP contribution in [0.3, 0.4) is 0 Å². The van der Waals surface area contributed by atoms with E-state index < -0.39 is 11.7 Å². The van der Waals surface area contributed by atoms with Crippen molar-refractivity contribution < 1.29 is 9.84 Å². The first-order chi connectivity index (χ1) is 8.83. The van der Waals surface area contributed by atoms with E-state index in [0.29, 0.717) is 0 Å². The maximum absolute atomic E-state index is 10.6. The monoisotopic (exact) mass is 262 g/mol. The third-order valence-electron chi connectivity index (χ3n) is 4.17. The van der Waals surface area contributed by atoms with Gasteiger partial charge in [-0.3, -0.25) is 0 Å². The number of benzene rings is 1. The molecule has 1 N–H and O–H groups in total. The average molecular weight is 262 g/mol. The van der Waals surface area contributed by atoms with Gasteiger partial charge in [0, 0.05) is 6.61 Å². The highest BCUT2D eigenvalue weighted by molar-refractivity contribution is 5.29. The fourth-order valence-electron chi connectivity index (χ4n) is 2.69. The highest BCUT2D eigenvalue weighted by Crippen LogP contribution is 2.37. The summed E-state index contributed by atoms with van der Waals surface area (Å²) in [5.74, 6) is 0. The van der Waals surface area contributed by atoms with Gasteiger partial charge in [0.1, 0.15) is 6.10 Å². The van der Waals surface area contributed by atoms with Gasteiger partial charge in [-0.1, -0.05) is 45.0 Å². The van der Waals surface area contributed by atoms with Crippen LogP contribution in [0.15, 0.2) is 24.3 Å². The Morgan fingerprint density at radius 1 is 1.16 bits per heavy atom. The van der Waals surface area contributed by atoms with Crippen LogP contribution in [0.2, 0.25) is 0 Å². The predicted molar refractivity (Wildman–Crippen MR) is 78.3 cm³/mol. The van der Waals surface area contributed by atoms with Crippen molar-refractivity contribution in [1.82, 2.24) is 0 Å². The maximum Gasteiger partial charge on any atom is 0.108 e. The van der Waals surface area contributed by atoms with Crippen LogP contribution < -0.4 is 0 Å². The molecule has 2 heteroatoms. The van der Waals surface area contributed by atoms with Gasteiger partial charge in [-0.15, -0.1) is 0 Å². The largest absolute Gasteiger partial charge is 0.385 e. The van der Waals surface area contributed by atoms with Gasteiger partial charge in [0.05, 0.1) is 5.60 Å². The summed E-state index contributed by atoms with van der Waals surface area (Å²) in [5.41, 5.74) is 1.96. The first kappa shape index (κ1) is 14.5. The summed E-state index contributed by atoms with van der Waals surface area (Å²) in [6.07, 6.45) is 2.62. The van der Waals surface area contributed by atoms with Crippen LogP contribution in [-0.2, 0) is 10.2 Å². The Bertz CT molecular complexity index is 408. The van der Waals surface area contributed by atoms with Gasteiger partial charge in [0.2, 0.25) is 0 Å². The van der Waals surface area contributed by atoms with Gasteiger partial charge in [0.15, 0.2) is 0 Å². The van der Waals surface area contributed by atoms with Crippen LogP contribution in [0.1, 0.15) is 64.2 Å². The van der Waals surface area contributed by atoms with E-state index >= 15 is 0 Å². The average Bonchev–Trinajstić information content (AvgIpc) is 2.38. The van der Waals surface area contributed by atoms with Crippen molar-refractivity contribution in [2.45, 2.75) is 64.1 Å². The van der Waals surface area contributed by atoms with Crippen molar-refractivity contribution in [1.29, 1.82) is 0 Å². The fourth-order valence-corrected chi connectivity index (χ4v) is 2.69. The Hall–Kier alpha value is -0.860. The molecule has 0 radical (unpaired) electrons. The van der Waals surface area contributed by atoms with Gasteiger partial charge in [-0.2, -0.15) is 0 Å². The second kappa shape index (κ2) is 5.26. The molecule has 2 rings (SSSR count). The van der Waals surface area contributed by atoms with Crippen molar-refractivity contribution in [2.24, 2.45) is 0 Å². The molecule has 1 fully saturated rings. The number of aliphatic hydroxyl groups is 1. The molecule has 106 valence electrons. The fraction of sp³-hybridized carbons (Fsp3) is 0.647. The van der Waals surface area contributed by atoms with Crippen molar-refractivity contribution in [3.05, 3.63) is 35.4 Å². The summed E-state index contributed by atoms with van der Waals surface area (Å²) < 4.78 is 5.83. The molecule has 1 aromatic rings. The normalized spacial score (nSPS) is 26.2. The Morgan fingerprint density at radius 3 is 2.26 bits per heavy atom. The zero-order valence-electron chi connectivity index (χ0n) is 12.6. The molecule has 2 unspecified atom stereocenters. The van der Waals surface area contributed by atoms with E-state index in [2.05, 4.69) is 32.9 Å². The van der Waals surface area contributed by atoms with Crippen LogP contribution in [-0.4, -0.2) is 17.3 Å². The molecule has 1 aliphatic rings. The van der Waals surface area contributed by atoms with E-state index in [1.165, 1.54) is 5.56 Å². The molecule has 0 aliphatic carbocycles. The van der Waals surface area contributed by atoms with Gasteiger partial charge in [-0.05, 0) is 42.7 Å². The lowest BCUT2D eigenvalue weighted by atomic mass is 9.83. The van der Waals surface area contributed by atoms with Gasteiger partial charge < -0.3 is 9.84 Å². The highest BCUT2D eigenvalue weighted by Gasteiger charge is 2.36. The maximum atomic E-state index is 10.6. The van der Waals surface area contributed by atoms with Crippen LogP contribution >= 0.6 is 0 Å². The standard InChI is InChI=1S/C17H26O2/c1-16(2,3)14-9-7-13(8-10-14)15(18)17(4)11-5-6-12-19-17/h7-10,15,18H,5-6,11-12H2,1-4H3. The SMILES string of the molecule is CC(C)(C)c1ccc(C(O)C2(C)CCCCO2)cc1. The molecule has 1 aliphatic heterocycles. The van der Waals surface area contributed by atoms with Crippen molar-refractivity contribution in [3.8, 4) is 0 Å². The Morgan fingerprint density at radius 2 is 1.79 bits per heavy atom. The number of hydrogen-bond acceptors (Lipinski definition) is 2. The topological polar surface area (TPSA) is 29.5 Å². The Balaban J connectivity index is 2.17. The van der Waals surface area contributed by atoms with Crippen LogP contribution in [0.5, 0.6) is 0 Å².